The number of carbonyl (C=O) groups excluding carboxylic acids is 1. The van der Waals surface area contributed by atoms with Gasteiger partial charge in [0.1, 0.15) is 0 Å². The van der Waals surface area contributed by atoms with E-state index in [2.05, 4.69) is 64.6 Å². The highest BCUT2D eigenvalue weighted by molar-refractivity contribution is 5.85. The van der Waals surface area contributed by atoms with Crippen molar-refractivity contribution >= 4 is 23.9 Å². The van der Waals surface area contributed by atoms with Crippen LogP contribution in [-0.2, 0) is 4.79 Å². The maximum atomic E-state index is 11.2. The second-order valence-electron chi connectivity index (χ2n) is 7.72. The van der Waals surface area contributed by atoms with Crippen LogP contribution in [0.2, 0.25) is 0 Å². The van der Waals surface area contributed by atoms with E-state index < -0.39 is 0 Å². The molecular weight excluding hydrogens is 356 g/mol. The summed E-state index contributed by atoms with van der Waals surface area (Å²) in [6, 6.07) is 6.16. The van der Waals surface area contributed by atoms with Gasteiger partial charge in [0.25, 0.3) is 0 Å². The van der Waals surface area contributed by atoms with Crippen molar-refractivity contribution in [2.24, 2.45) is 5.41 Å². The first kappa shape index (κ1) is 25.9. The lowest BCUT2D eigenvalue weighted by Gasteiger charge is -2.31. The lowest BCUT2D eigenvalue weighted by Crippen LogP contribution is -2.30. The fourth-order valence-electron chi connectivity index (χ4n) is 2.57. The minimum atomic E-state index is 0.180. The molecule has 0 unspecified atom stereocenters. The van der Waals surface area contributed by atoms with Gasteiger partial charge in [0.2, 0.25) is 6.41 Å². The summed E-state index contributed by atoms with van der Waals surface area (Å²) >= 11 is 0. The molecule has 1 rings (SSSR count). The Kier molecular flexibility index (Phi) is 12.5. The number of anilines is 2. The van der Waals surface area contributed by atoms with Crippen molar-refractivity contribution in [2.45, 2.75) is 20.8 Å². The Morgan fingerprint density at radius 2 is 1.41 bits per heavy atom. The minimum Gasteiger partial charge on any atom is -0.372 e. The SMILES string of the molecule is C=C/C=C\C=C.C=C/C=C\C=C\c1ccc(N(C)CC(C)(C)C)c(N(C)C=O)c1. The molecule has 1 aromatic rings. The van der Waals surface area contributed by atoms with E-state index in [4.69, 9.17) is 0 Å². The number of nitrogens with zero attached hydrogens (tertiary/aromatic N) is 2. The summed E-state index contributed by atoms with van der Waals surface area (Å²) in [7, 11) is 3.84. The number of carbonyl (C=O) groups is 1. The van der Waals surface area contributed by atoms with Gasteiger partial charge in [-0.1, -0.05) is 101 Å². The Morgan fingerprint density at radius 3 is 1.90 bits per heavy atom. The first-order valence-electron chi connectivity index (χ1n) is 9.59. The molecule has 0 bridgehead atoms. The standard InChI is InChI=1S/C20H28N2O.C6H8/c1-7-8-9-10-11-17-12-13-18(19(14-17)22(6)16-23)21(5)15-20(2,3)4;1-3-5-6-4-2/h7-14,16H,1,15H2,2-6H3;3-6H,1-2H2/b9-8-,11-10+;6-5-. The topological polar surface area (TPSA) is 23.6 Å². The highest BCUT2D eigenvalue weighted by atomic mass is 16.1. The van der Waals surface area contributed by atoms with Crippen LogP contribution in [0.5, 0.6) is 0 Å². The average molecular weight is 393 g/mol. The monoisotopic (exact) mass is 392 g/mol. The van der Waals surface area contributed by atoms with Crippen LogP contribution in [-0.4, -0.2) is 27.1 Å². The third-order valence-electron chi connectivity index (χ3n) is 3.69. The lowest BCUT2D eigenvalue weighted by atomic mass is 9.96. The summed E-state index contributed by atoms with van der Waals surface area (Å²) in [4.78, 5) is 15.1. The molecule has 0 aliphatic rings. The first-order valence-corrected chi connectivity index (χ1v) is 9.59. The second-order valence-corrected chi connectivity index (χ2v) is 7.72. The van der Waals surface area contributed by atoms with E-state index in [0.717, 1.165) is 29.9 Å². The van der Waals surface area contributed by atoms with Gasteiger partial charge in [0, 0.05) is 20.6 Å². The minimum absolute atomic E-state index is 0.180. The van der Waals surface area contributed by atoms with Gasteiger partial charge >= 0.3 is 0 Å². The van der Waals surface area contributed by atoms with Crippen molar-refractivity contribution in [1.29, 1.82) is 0 Å². The summed E-state index contributed by atoms with van der Waals surface area (Å²) < 4.78 is 0. The molecular formula is C26H36N2O. The van der Waals surface area contributed by atoms with Crippen molar-refractivity contribution in [3.8, 4) is 0 Å². The molecule has 0 fully saturated rings. The maximum Gasteiger partial charge on any atom is 0.213 e. The fraction of sp³-hybridized carbons (Fsp3) is 0.269. The third kappa shape index (κ3) is 11.4. The average Bonchev–Trinajstić information content (AvgIpc) is 2.68. The summed E-state index contributed by atoms with van der Waals surface area (Å²) in [6.07, 6.45) is 17.4. The van der Waals surface area contributed by atoms with E-state index in [-0.39, 0.29) is 5.41 Å². The predicted molar refractivity (Wildman–Crippen MR) is 132 cm³/mol. The molecule has 1 aromatic carbocycles. The Hall–Kier alpha value is -3.07. The number of hydrogen-bond donors (Lipinski definition) is 0. The normalized spacial score (nSPS) is 11.2. The van der Waals surface area contributed by atoms with Crippen molar-refractivity contribution < 1.29 is 4.79 Å². The molecule has 0 aliphatic carbocycles. The van der Waals surface area contributed by atoms with Gasteiger partial charge in [0.05, 0.1) is 11.4 Å². The van der Waals surface area contributed by atoms with Gasteiger partial charge in [-0.2, -0.15) is 0 Å². The number of amides is 1. The van der Waals surface area contributed by atoms with Gasteiger partial charge in [-0.15, -0.1) is 0 Å². The predicted octanol–water partition coefficient (Wildman–Crippen LogP) is 6.43. The molecule has 0 aliphatic heterocycles. The van der Waals surface area contributed by atoms with Crippen LogP contribution in [0, 0.1) is 5.41 Å². The van der Waals surface area contributed by atoms with E-state index >= 15 is 0 Å². The van der Waals surface area contributed by atoms with Crippen molar-refractivity contribution in [2.75, 3.05) is 30.4 Å². The van der Waals surface area contributed by atoms with Crippen LogP contribution in [0.15, 0.2) is 86.5 Å². The van der Waals surface area contributed by atoms with E-state index in [0.29, 0.717) is 0 Å². The lowest BCUT2D eigenvalue weighted by molar-refractivity contribution is -0.107. The Balaban J connectivity index is 0.00000113. The van der Waals surface area contributed by atoms with Crippen LogP contribution >= 0.6 is 0 Å². The molecule has 0 atom stereocenters. The van der Waals surface area contributed by atoms with Crippen LogP contribution in [0.25, 0.3) is 6.08 Å². The van der Waals surface area contributed by atoms with E-state index in [1.807, 2.05) is 42.5 Å². The zero-order valence-electron chi connectivity index (χ0n) is 18.6. The molecule has 0 saturated carbocycles. The largest absolute Gasteiger partial charge is 0.372 e. The number of benzene rings is 1. The smallest absolute Gasteiger partial charge is 0.213 e. The second kappa shape index (κ2) is 14.0. The molecule has 156 valence electrons. The molecule has 0 heterocycles. The maximum absolute atomic E-state index is 11.2. The zero-order valence-corrected chi connectivity index (χ0v) is 18.6. The Morgan fingerprint density at radius 1 is 0.862 bits per heavy atom. The highest BCUT2D eigenvalue weighted by Gasteiger charge is 2.17. The number of hydrogen-bond acceptors (Lipinski definition) is 2. The van der Waals surface area contributed by atoms with Gasteiger partial charge in [-0.3, -0.25) is 4.79 Å². The molecule has 3 nitrogen and oxygen atoms in total. The van der Waals surface area contributed by atoms with Gasteiger partial charge in [-0.25, -0.2) is 0 Å². The van der Waals surface area contributed by atoms with E-state index in [1.165, 1.54) is 0 Å². The van der Waals surface area contributed by atoms with Crippen LogP contribution in [0.3, 0.4) is 0 Å². The molecule has 1 amide bonds. The van der Waals surface area contributed by atoms with E-state index in [1.54, 1.807) is 30.2 Å². The van der Waals surface area contributed by atoms with Crippen LogP contribution in [0.4, 0.5) is 11.4 Å². The zero-order chi connectivity index (χ0) is 22.3. The third-order valence-corrected chi connectivity index (χ3v) is 3.69. The van der Waals surface area contributed by atoms with Crippen LogP contribution < -0.4 is 9.80 Å². The van der Waals surface area contributed by atoms with Crippen LogP contribution in [0.1, 0.15) is 26.3 Å². The van der Waals surface area contributed by atoms with E-state index in [9.17, 15) is 4.79 Å². The highest BCUT2D eigenvalue weighted by Crippen LogP contribution is 2.31. The summed E-state index contributed by atoms with van der Waals surface area (Å²) in [5.74, 6) is 0. The Labute approximate surface area is 177 Å². The summed E-state index contributed by atoms with van der Waals surface area (Å²) in [5.41, 5.74) is 3.19. The van der Waals surface area contributed by atoms with Gasteiger partial charge in [-0.05, 0) is 23.1 Å². The van der Waals surface area contributed by atoms with Gasteiger partial charge in [0.15, 0.2) is 0 Å². The van der Waals surface area contributed by atoms with Crippen molar-refractivity contribution in [3.63, 3.8) is 0 Å². The summed E-state index contributed by atoms with van der Waals surface area (Å²) in [6.45, 7) is 18.1. The Bertz CT molecular complexity index is 738. The molecule has 29 heavy (non-hydrogen) atoms. The molecule has 0 radical (unpaired) electrons. The quantitative estimate of drug-likeness (QED) is 0.357. The molecule has 0 spiro atoms. The number of rotatable bonds is 9. The van der Waals surface area contributed by atoms with Crippen molar-refractivity contribution in [1.82, 2.24) is 0 Å². The fourth-order valence-corrected chi connectivity index (χ4v) is 2.57. The molecule has 0 aromatic heterocycles. The van der Waals surface area contributed by atoms with Gasteiger partial charge < -0.3 is 9.80 Å². The molecule has 0 saturated heterocycles. The molecule has 3 heteroatoms. The summed E-state index contributed by atoms with van der Waals surface area (Å²) in [5, 5.41) is 0. The molecule has 0 N–H and O–H groups in total. The number of allylic oxidation sites excluding steroid dienone is 8. The first-order chi connectivity index (χ1) is 13.7. The van der Waals surface area contributed by atoms with Crippen molar-refractivity contribution in [3.05, 3.63) is 92.1 Å².